The lowest BCUT2D eigenvalue weighted by Gasteiger charge is -2.30. The van der Waals surface area contributed by atoms with E-state index in [1.807, 2.05) is 6.07 Å². The Kier molecular flexibility index (Phi) is 7.15. The third kappa shape index (κ3) is 5.09. The van der Waals surface area contributed by atoms with E-state index in [0.29, 0.717) is 21.2 Å². The van der Waals surface area contributed by atoms with Crippen molar-refractivity contribution >= 4 is 52.2 Å². The number of hydrogen-bond donors (Lipinski definition) is 2. The van der Waals surface area contributed by atoms with Gasteiger partial charge in [-0.1, -0.05) is 65.6 Å². The number of benzene rings is 3. The number of aromatic nitrogens is 1. The molecule has 13 heteroatoms. The first-order valence-corrected chi connectivity index (χ1v) is 14.3. The van der Waals surface area contributed by atoms with Crippen LogP contribution in [-0.2, 0) is 20.6 Å². The number of para-hydroxylation sites is 2. The normalized spacial score (nSPS) is 19.8. The van der Waals surface area contributed by atoms with Crippen LogP contribution in [0.4, 0.5) is 24.5 Å². The molecule has 0 radical (unpaired) electrons. The lowest BCUT2D eigenvalue weighted by Crippen LogP contribution is -2.32. The Morgan fingerprint density at radius 2 is 1.69 bits per heavy atom. The molecular formula is C29H20F3N3O5S2. The Morgan fingerprint density at radius 3 is 2.45 bits per heavy atom. The van der Waals surface area contributed by atoms with Crippen molar-refractivity contribution in [3.63, 3.8) is 0 Å². The number of hydrogen-bond acceptors (Lipinski definition) is 7. The van der Waals surface area contributed by atoms with E-state index >= 15 is 0 Å². The average Bonchev–Trinajstić information content (AvgIpc) is 3.46. The number of halogens is 3. The third-order valence-corrected chi connectivity index (χ3v) is 9.33. The van der Waals surface area contributed by atoms with E-state index < -0.39 is 46.5 Å². The molecule has 3 heterocycles. The largest absolute Gasteiger partial charge is 0.483 e. The molecule has 0 bridgehead atoms. The van der Waals surface area contributed by atoms with E-state index in [1.54, 1.807) is 48.5 Å². The molecule has 1 fully saturated rings. The molecule has 2 aliphatic rings. The number of imide groups is 1. The number of ether oxygens (including phenoxy) is 1. The Hall–Kier alpha value is -4.36. The number of alkyl halides is 3. The summed E-state index contributed by atoms with van der Waals surface area (Å²) in [7, 11) is 0. The number of fused-ring (bicyclic) bond motifs is 2. The van der Waals surface area contributed by atoms with Crippen molar-refractivity contribution in [2.75, 3.05) is 16.8 Å². The van der Waals surface area contributed by atoms with E-state index in [2.05, 4.69) is 10.3 Å². The highest BCUT2D eigenvalue weighted by molar-refractivity contribution is 8.00. The summed E-state index contributed by atoms with van der Waals surface area (Å²) < 4.78 is 46.2. The van der Waals surface area contributed by atoms with Gasteiger partial charge in [-0.2, -0.15) is 13.2 Å². The fourth-order valence-electron chi connectivity index (χ4n) is 5.16. The first kappa shape index (κ1) is 27.8. The highest BCUT2D eigenvalue weighted by Gasteiger charge is 2.57. The summed E-state index contributed by atoms with van der Waals surface area (Å²) in [6.45, 7) is -0.360. The molecular weight excluding hydrogens is 591 g/mol. The van der Waals surface area contributed by atoms with Crippen LogP contribution in [0.5, 0.6) is 5.75 Å². The summed E-state index contributed by atoms with van der Waals surface area (Å²) in [4.78, 5) is 56.1. The molecule has 1 aromatic heterocycles. The van der Waals surface area contributed by atoms with E-state index in [9.17, 15) is 32.3 Å². The molecule has 2 aliphatic heterocycles. The minimum absolute atomic E-state index is 0.187. The molecule has 0 aliphatic carbocycles. The zero-order valence-corrected chi connectivity index (χ0v) is 23.0. The molecule has 8 nitrogen and oxygen atoms in total. The second-order valence-electron chi connectivity index (χ2n) is 9.55. The predicted octanol–water partition coefficient (Wildman–Crippen LogP) is 5.27. The molecule has 3 amide bonds. The number of rotatable bonds is 6. The van der Waals surface area contributed by atoms with Gasteiger partial charge in [0, 0.05) is 22.0 Å². The van der Waals surface area contributed by atoms with Crippen LogP contribution in [-0.4, -0.2) is 34.6 Å². The molecule has 3 atom stereocenters. The van der Waals surface area contributed by atoms with Gasteiger partial charge in [0.1, 0.15) is 11.0 Å². The predicted molar refractivity (Wildman–Crippen MR) is 151 cm³/mol. The van der Waals surface area contributed by atoms with Gasteiger partial charge in [-0.3, -0.25) is 19.2 Å². The Morgan fingerprint density at radius 1 is 0.952 bits per heavy atom. The van der Waals surface area contributed by atoms with Crippen LogP contribution in [0.1, 0.15) is 21.9 Å². The summed E-state index contributed by atoms with van der Waals surface area (Å²) in [5, 5.41) is 2.11. The van der Waals surface area contributed by atoms with Gasteiger partial charge in [-0.15, -0.1) is 0 Å². The fraction of sp³-hybridized carbons (Fsp3) is 0.172. The van der Waals surface area contributed by atoms with Gasteiger partial charge in [0.25, 0.3) is 5.91 Å². The SMILES string of the molecule is O=C(COc1ccccc1[C@H]1c2sc(=O)[nH]c2SC2C(=O)N(c3cccc(C(F)(F)F)c3)C(=O)C21)Nc1ccccc1. The zero-order chi connectivity index (χ0) is 29.6. The number of anilines is 2. The topological polar surface area (TPSA) is 109 Å². The van der Waals surface area contributed by atoms with E-state index in [4.69, 9.17) is 4.74 Å². The van der Waals surface area contributed by atoms with Crippen LogP contribution in [0.15, 0.2) is 88.7 Å². The maximum absolute atomic E-state index is 13.9. The Balaban J connectivity index is 1.36. The quantitative estimate of drug-likeness (QED) is 0.288. The molecule has 6 rings (SSSR count). The number of amides is 3. The molecule has 4 aromatic rings. The fourth-order valence-corrected chi connectivity index (χ4v) is 7.66. The van der Waals surface area contributed by atoms with Crippen LogP contribution < -0.4 is 19.8 Å². The minimum Gasteiger partial charge on any atom is -0.483 e. The number of carbonyl (C=O) groups excluding carboxylic acids is 3. The number of nitrogens with zero attached hydrogens (tertiary/aromatic N) is 1. The maximum Gasteiger partial charge on any atom is 0.416 e. The average molecular weight is 612 g/mol. The summed E-state index contributed by atoms with van der Waals surface area (Å²) in [5.41, 5.74) is -0.134. The Bertz CT molecular complexity index is 1750. The van der Waals surface area contributed by atoms with Gasteiger partial charge in [0.05, 0.1) is 22.2 Å². The molecule has 42 heavy (non-hydrogen) atoms. The van der Waals surface area contributed by atoms with Crippen molar-refractivity contribution in [2.45, 2.75) is 22.4 Å². The summed E-state index contributed by atoms with van der Waals surface area (Å²) in [6, 6.07) is 19.5. The second-order valence-corrected chi connectivity index (χ2v) is 11.7. The smallest absolute Gasteiger partial charge is 0.416 e. The number of carbonyl (C=O) groups is 3. The van der Waals surface area contributed by atoms with Crippen molar-refractivity contribution in [3.8, 4) is 5.75 Å². The van der Waals surface area contributed by atoms with Gasteiger partial charge >= 0.3 is 11.0 Å². The van der Waals surface area contributed by atoms with E-state index in [0.717, 1.165) is 46.2 Å². The molecule has 2 unspecified atom stereocenters. The van der Waals surface area contributed by atoms with Gasteiger partial charge in [0.15, 0.2) is 6.61 Å². The minimum atomic E-state index is -4.67. The number of nitrogens with one attached hydrogen (secondary N) is 2. The van der Waals surface area contributed by atoms with Crippen LogP contribution in [0.25, 0.3) is 0 Å². The number of H-pyrrole nitrogens is 1. The van der Waals surface area contributed by atoms with Gasteiger partial charge < -0.3 is 15.0 Å². The molecule has 0 saturated carbocycles. The van der Waals surface area contributed by atoms with Crippen LogP contribution >= 0.6 is 23.1 Å². The molecule has 3 aromatic carbocycles. The molecule has 2 N–H and O–H groups in total. The number of thioether (sulfide) groups is 1. The van der Waals surface area contributed by atoms with Crippen LogP contribution in [0.3, 0.4) is 0 Å². The van der Waals surface area contributed by atoms with Gasteiger partial charge in [-0.05, 0) is 36.4 Å². The number of aromatic amines is 1. The first-order valence-electron chi connectivity index (χ1n) is 12.6. The van der Waals surface area contributed by atoms with Crippen molar-refractivity contribution in [2.24, 2.45) is 5.92 Å². The first-order chi connectivity index (χ1) is 20.1. The summed E-state index contributed by atoms with van der Waals surface area (Å²) in [5.74, 6) is -3.42. The Labute approximate surface area is 244 Å². The molecule has 0 spiro atoms. The third-order valence-electron chi connectivity index (χ3n) is 6.93. The van der Waals surface area contributed by atoms with E-state index in [-0.39, 0.29) is 22.9 Å². The number of thiazole rings is 1. The van der Waals surface area contributed by atoms with Crippen molar-refractivity contribution in [3.05, 3.63) is 105 Å². The monoisotopic (exact) mass is 611 g/mol. The maximum atomic E-state index is 13.9. The van der Waals surface area contributed by atoms with Crippen LogP contribution in [0.2, 0.25) is 0 Å². The summed E-state index contributed by atoms with van der Waals surface area (Å²) >= 11 is 1.89. The van der Waals surface area contributed by atoms with E-state index in [1.165, 1.54) is 6.07 Å². The molecule has 1 saturated heterocycles. The highest BCUT2D eigenvalue weighted by atomic mass is 32.2. The lowest BCUT2D eigenvalue weighted by atomic mass is 9.82. The van der Waals surface area contributed by atoms with Crippen molar-refractivity contribution in [1.29, 1.82) is 0 Å². The van der Waals surface area contributed by atoms with Gasteiger partial charge in [0.2, 0.25) is 11.8 Å². The highest BCUT2D eigenvalue weighted by Crippen LogP contribution is 2.54. The zero-order valence-electron chi connectivity index (χ0n) is 21.4. The van der Waals surface area contributed by atoms with Crippen molar-refractivity contribution in [1.82, 2.24) is 4.98 Å². The summed E-state index contributed by atoms with van der Waals surface area (Å²) in [6.07, 6.45) is -4.67. The van der Waals surface area contributed by atoms with Gasteiger partial charge in [-0.25, -0.2) is 4.90 Å². The standard InChI is InChI=1S/C29H20F3N3O5S2/c30-29(31,32)15-7-6-10-17(13-15)35-26(37)22-21(23-25(34-28(39)42-23)41-24(22)27(35)38)18-11-4-5-12-19(18)40-14-20(36)33-16-8-2-1-3-9-16/h1-13,21-22,24H,14H2,(H,33,36)(H,34,39)/t21-,22?,24?/m1/s1. The second kappa shape index (κ2) is 10.8. The van der Waals surface area contributed by atoms with Crippen molar-refractivity contribution < 1.29 is 32.3 Å². The lowest BCUT2D eigenvalue weighted by molar-refractivity contribution is -0.137. The molecule has 214 valence electrons. The van der Waals surface area contributed by atoms with Crippen LogP contribution in [0, 0.1) is 5.92 Å².